The van der Waals surface area contributed by atoms with Crippen molar-refractivity contribution in [3.63, 3.8) is 0 Å². The third-order valence-corrected chi connectivity index (χ3v) is 6.04. The maximum absolute atomic E-state index is 12.3. The number of pyridine rings is 1. The monoisotopic (exact) mass is 458 g/mol. The molecule has 1 aromatic carbocycles. The molecule has 32 heavy (non-hydrogen) atoms. The van der Waals surface area contributed by atoms with Crippen molar-refractivity contribution in [3.05, 3.63) is 42.1 Å². The topological polar surface area (TPSA) is 60.9 Å². The lowest BCUT2D eigenvalue weighted by atomic mass is 9.98. The van der Waals surface area contributed by atoms with Crippen LogP contribution in [0.25, 0.3) is 11.1 Å². The van der Waals surface area contributed by atoms with E-state index in [2.05, 4.69) is 23.2 Å². The molecule has 1 aliphatic heterocycles. The number of thioether (sulfide) groups is 1. The summed E-state index contributed by atoms with van der Waals surface area (Å²) >= 11 is 1.63. The van der Waals surface area contributed by atoms with Crippen molar-refractivity contribution in [2.45, 2.75) is 50.8 Å². The van der Waals surface area contributed by atoms with Gasteiger partial charge in [0, 0.05) is 37.5 Å². The zero-order chi connectivity index (χ0) is 23.1. The van der Waals surface area contributed by atoms with Crippen molar-refractivity contribution in [3.8, 4) is 16.9 Å². The summed E-state index contributed by atoms with van der Waals surface area (Å²) in [7, 11) is 1.69. The van der Waals surface area contributed by atoms with Crippen LogP contribution in [0, 0.1) is 5.92 Å². The summed E-state index contributed by atoms with van der Waals surface area (Å²) in [5.41, 5.74) is 2.72. The molecule has 0 saturated carbocycles. The van der Waals surface area contributed by atoms with E-state index in [-0.39, 0.29) is 6.09 Å². The van der Waals surface area contributed by atoms with Gasteiger partial charge in [-0.15, -0.1) is 11.8 Å². The number of hydrogen-bond acceptors (Lipinski definition) is 6. The Hall–Kier alpha value is -2.25. The number of amides is 1. The molecule has 3 rings (SSSR count). The Morgan fingerprint density at radius 3 is 2.47 bits per heavy atom. The van der Waals surface area contributed by atoms with Crippen molar-refractivity contribution in [2.75, 3.05) is 33.1 Å². The van der Waals surface area contributed by atoms with Gasteiger partial charge in [0.05, 0.1) is 18.2 Å². The number of benzene rings is 1. The van der Waals surface area contributed by atoms with Crippen LogP contribution in [0.5, 0.6) is 5.75 Å². The van der Waals surface area contributed by atoms with E-state index in [9.17, 15) is 4.79 Å². The quantitative estimate of drug-likeness (QED) is 0.500. The van der Waals surface area contributed by atoms with Crippen LogP contribution in [0.2, 0.25) is 0 Å². The van der Waals surface area contributed by atoms with E-state index >= 15 is 0 Å². The van der Waals surface area contributed by atoms with Crippen LogP contribution in [0.15, 0.2) is 41.6 Å². The Bertz CT molecular complexity index is 888. The second kappa shape index (κ2) is 11.1. The molecule has 1 saturated heterocycles. The number of nitrogens with zero attached hydrogens (tertiary/aromatic N) is 2. The summed E-state index contributed by atoms with van der Waals surface area (Å²) in [4.78, 5) is 18.5. The van der Waals surface area contributed by atoms with Gasteiger partial charge in [-0.3, -0.25) is 0 Å². The van der Waals surface area contributed by atoms with Crippen molar-refractivity contribution < 1.29 is 19.0 Å². The average Bonchev–Trinajstić information content (AvgIpc) is 2.77. The van der Waals surface area contributed by atoms with Gasteiger partial charge in [0.25, 0.3) is 0 Å². The van der Waals surface area contributed by atoms with Crippen molar-refractivity contribution in [2.24, 2.45) is 5.92 Å². The van der Waals surface area contributed by atoms with Gasteiger partial charge < -0.3 is 19.1 Å². The Morgan fingerprint density at radius 2 is 1.88 bits per heavy atom. The number of rotatable bonds is 7. The summed E-state index contributed by atoms with van der Waals surface area (Å²) in [5.74, 6) is 1.26. The number of aromatic nitrogens is 1. The van der Waals surface area contributed by atoms with E-state index in [1.165, 1.54) is 0 Å². The fraction of sp³-hybridized carbons (Fsp3) is 0.520. The van der Waals surface area contributed by atoms with Crippen LogP contribution in [0.1, 0.15) is 39.2 Å². The summed E-state index contributed by atoms with van der Waals surface area (Å²) < 4.78 is 17.1. The number of likely N-dealkylation sites (tertiary alicyclic amines) is 1. The fourth-order valence-electron chi connectivity index (χ4n) is 3.66. The molecule has 0 N–H and O–H groups in total. The summed E-state index contributed by atoms with van der Waals surface area (Å²) in [6.45, 7) is 8.19. The zero-order valence-corrected chi connectivity index (χ0v) is 20.5. The maximum Gasteiger partial charge on any atom is 0.410 e. The van der Waals surface area contributed by atoms with Crippen LogP contribution < -0.4 is 4.74 Å². The molecule has 0 bridgehead atoms. The van der Waals surface area contributed by atoms with Gasteiger partial charge in [-0.2, -0.15) is 0 Å². The Kier molecular flexibility index (Phi) is 8.43. The third-order valence-electron chi connectivity index (χ3n) is 5.38. The SMILES string of the molecule is COCc1cc(-c2ccc(SC)nc2)ccc1OCC1CCN(C(=O)OC(C)(C)C)CC1. The fourth-order valence-corrected chi connectivity index (χ4v) is 4.02. The van der Waals surface area contributed by atoms with Gasteiger partial charge in [0.1, 0.15) is 11.4 Å². The molecule has 1 amide bonds. The van der Waals surface area contributed by atoms with Gasteiger partial charge in [0.15, 0.2) is 0 Å². The molecular formula is C25H34N2O4S. The first-order valence-corrected chi connectivity index (χ1v) is 12.2. The lowest BCUT2D eigenvalue weighted by Gasteiger charge is -2.33. The van der Waals surface area contributed by atoms with E-state index < -0.39 is 5.60 Å². The zero-order valence-electron chi connectivity index (χ0n) is 19.7. The minimum atomic E-state index is -0.464. The van der Waals surface area contributed by atoms with E-state index in [0.717, 1.165) is 40.3 Å². The number of ether oxygens (including phenoxy) is 3. The molecule has 0 radical (unpaired) electrons. The average molecular weight is 459 g/mol. The normalized spacial score (nSPS) is 15.0. The van der Waals surface area contributed by atoms with Crippen LogP contribution in [-0.4, -0.2) is 54.6 Å². The van der Waals surface area contributed by atoms with Crippen LogP contribution in [0.3, 0.4) is 0 Å². The molecule has 2 aromatic rings. The van der Waals surface area contributed by atoms with E-state index in [1.54, 1.807) is 23.8 Å². The molecule has 1 aromatic heterocycles. The number of carbonyl (C=O) groups is 1. The number of piperidine rings is 1. The summed E-state index contributed by atoms with van der Waals surface area (Å²) in [6.07, 6.45) is 5.51. The maximum atomic E-state index is 12.3. The van der Waals surface area contributed by atoms with Crippen molar-refractivity contribution in [1.82, 2.24) is 9.88 Å². The molecule has 7 heteroatoms. The Morgan fingerprint density at radius 1 is 1.16 bits per heavy atom. The highest BCUT2D eigenvalue weighted by molar-refractivity contribution is 7.98. The summed E-state index contributed by atoms with van der Waals surface area (Å²) in [6, 6.07) is 10.3. The van der Waals surface area contributed by atoms with Gasteiger partial charge >= 0.3 is 6.09 Å². The lowest BCUT2D eigenvalue weighted by molar-refractivity contribution is 0.0164. The number of hydrogen-bond donors (Lipinski definition) is 0. The van der Waals surface area contributed by atoms with Crippen LogP contribution in [-0.2, 0) is 16.1 Å². The minimum absolute atomic E-state index is 0.227. The first-order chi connectivity index (χ1) is 15.3. The van der Waals surface area contributed by atoms with Crippen molar-refractivity contribution in [1.29, 1.82) is 0 Å². The second-order valence-corrected chi connectivity index (χ2v) is 9.89. The molecular weight excluding hydrogens is 424 g/mol. The predicted molar refractivity (Wildman–Crippen MR) is 128 cm³/mol. The summed E-state index contributed by atoms with van der Waals surface area (Å²) in [5, 5.41) is 1.00. The van der Waals surface area contributed by atoms with E-state index in [4.69, 9.17) is 14.2 Å². The molecule has 6 nitrogen and oxygen atoms in total. The molecule has 1 aliphatic rings. The molecule has 1 fully saturated rings. The molecule has 0 atom stereocenters. The van der Waals surface area contributed by atoms with Gasteiger partial charge in [-0.25, -0.2) is 9.78 Å². The number of methoxy groups -OCH3 is 1. The number of carbonyl (C=O) groups excluding carboxylic acids is 1. The molecule has 0 aliphatic carbocycles. The highest BCUT2D eigenvalue weighted by Gasteiger charge is 2.27. The first-order valence-electron chi connectivity index (χ1n) is 11.0. The second-order valence-electron chi connectivity index (χ2n) is 9.07. The predicted octanol–water partition coefficient (Wildman–Crippen LogP) is 5.64. The van der Waals surface area contributed by atoms with Crippen molar-refractivity contribution >= 4 is 17.9 Å². The Balaban J connectivity index is 1.58. The highest BCUT2D eigenvalue weighted by atomic mass is 32.2. The third kappa shape index (κ3) is 6.87. The standard InChI is InChI=1S/C25H34N2O4S/c1-25(2,3)31-24(28)27-12-10-18(11-13-27)16-30-22-8-6-19(14-21(22)17-29-4)20-7-9-23(32-5)26-15-20/h6-9,14-15,18H,10-13,16-17H2,1-5H3. The molecule has 0 unspecified atom stereocenters. The van der Waals surface area contributed by atoms with E-state index in [1.807, 2.05) is 45.4 Å². The molecule has 2 heterocycles. The van der Waals surface area contributed by atoms with Crippen LogP contribution >= 0.6 is 11.8 Å². The van der Waals surface area contributed by atoms with Crippen LogP contribution in [0.4, 0.5) is 4.79 Å². The minimum Gasteiger partial charge on any atom is -0.493 e. The van der Waals surface area contributed by atoms with Gasteiger partial charge in [-0.05, 0) is 69.5 Å². The molecule has 0 spiro atoms. The smallest absolute Gasteiger partial charge is 0.410 e. The molecule has 174 valence electrons. The highest BCUT2D eigenvalue weighted by Crippen LogP contribution is 2.29. The van der Waals surface area contributed by atoms with E-state index in [0.29, 0.717) is 32.2 Å². The largest absolute Gasteiger partial charge is 0.493 e. The Labute approximate surface area is 195 Å². The first kappa shape index (κ1) is 24.4. The van der Waals surface area contributed by atoms with Gasteiger partial charge in [0.2, 0.25) is 0 Å². The van der Waals surface area contributed by atoms with Gasteiger partial charge in [-0.1, -0.05) is 12.1 Å². The lowest BCUT2D eigenvalue weighted by Crippen LogP contribution is -2.42.